The molecule has 1 aromatic rings. The summed E-state index contributed by atoms with van der Waals surface area (Å²) in [5, 5.41) is 10.6. The van der Waals surface area contributed by atoms with E-state index < -0.39 is 16.9 Å². The largest absolute Gasteiger partial charge is 0.496 e. The van der Waals surface area contributed by atoms with E-state index in [1.54, 1.807) is 6.92 Å². The number of benzene rings is 1. The van der Waals surface area contributed by atoms with Crippen molar-refractivity contribution < 1.29 is 19.2 Å². The molecule has 0 bridgehead atoms. The maximum atomic E-state index is 11.4. The van der Waals surface area contributed by atoms with Crippen LogP contribution in [0.15, 0.2) is 18.2 Å². The average Bonchev–Trinajstić information content (AvgIpc) is 2.39. The molecule has 0 aliphatic rings. The van der Waals surface area contributed by atoms with E-state index in [2.05, 4.69) is 0 Å². The molecule has 0 spiro atoms. The highest BCUT2D eigenvalue weighted by molar-refractivity contribution is 5.76. The number of non-ortho nitro benzene ring substituents is 1. The van der Waals surface area contributed by atoms with Gasteiger partial charge in [0.25, 0.3) is 5.69 Å². The second kappa shape index (κ2) is 6.69. The summed E-state index contributed by atoms with van der Waals surface area (Å²) in [6.45, 7) is 1.95. The van der Waals surface area contributed by atoms with Gasteiger partial charge in [-0.2, -0.15) is 0 Å². The van der Waals surface area contributed by atoms with Crippen molar-refractivity contribution in [1.82, 2.24) is 0 Å². The Balaban J connectivity index is 2.89. The number of nitro benzene ring substituents is 1. The molecular weight excluding hydrogens is 252 g/mol. The first-order valence-electron chi connectivity index (χ1n) is 5.73. The maximum Gasteiger partial charge on any atom is 0.323 e. The normalized spacial score (nSPS) is 11.7. The fourth-order valence-corrected chi connectivity index (χ4v) is 1.59. The zero-order chi connectivity index (χ0) is 14.4. The minimum Gasteiger partial charge on any atom is -0.496 e. The molecule has 0 radical (unpaired) electrons. The Hall–Kier alpha value is -2.15. The number of hydrogen-bond donors (Lipinski definition) is 1. The standard InChI is InChI=1S/C12H16N2O5/c1-3-19-12(15)10(13)6-8-4-5-9(14(16)17)7-11(8)18-2/h4-5,7,10H,3,6,13H2,1-2H3. The first kappa shape index (κ1) is 14.9. The molecule has 7 heteroatoms. The maximum absolute atomic E-state index is 11.4. The van der Waals surface area contributed by atoms with Gasteiger partial charge in [0.2, 0.25) is 0 Å². The van der Waals surface area contributed by atoms with Crippen LogP contribution >= 0.6 is 0 Å². The second-order valence-electron chi connectivity index (χ2n) is 3.82. The predicted molar refractivity (Wildman–Crippen MR) is 68.0 cm³/mol. The first-order chi connectivity index (χ1) is 8.99. The monoisotopic (exact) mass is 268 g/mol. The molecule has 1 aromatic carbocycles. The number of carbonyl (C=O) groups is 1. The van der Waals surface area contributed by atoms with Gasteiger partial charge in [-0.15, -0.1) is 0 Å². The van der Waals surface area contributed by atoms with Crippen molar-refractivity contribution in [2.45, 2.75) is 19.4 Å². The molecule has 0 amide bonds. The lowest BCUT2D eigenvalue weighted by molar-refractivity contribution is -0.384. The lowest BCUT2D eigenvalue weighted by Crippen LogP contribution is -2.34. The summed E-state index contributed by atoms with van der Waals surface area (Å²) in [4.78, 5) is 21.6. The molecule has 2 N–H and O–H groups in total. The van der Waals surface area contributed by atoms with Gasteiger partial charge in [0, 0.05) is 12.5 Å². The van der Waals surface area contributed by atoms with Crippen LogP contribution in [-0.2, 0) is 16.0 Å². The predicted octanol–water partition coefficient (Wildman–Crippen LogP) is 1.04. The van der Waals surface area contributed by atoms with Crippen molar-refractivity contribution in [3.8, 4) is 5.75 Å². The summed E-state index contributed by atoms with van der Waals surface area (Å²) in [7, 11) is 1.40. The van der Waals surface area contributed by atoms with Crippen LogP contribution in [0.1, 0.15) is 12.5 Å². The summed E-state index contributed by atoms with van der Waals surface area (Å²) >= 11 is 0. The zero-order valence-electron chi connectivity index (χ0n) is 10.8. The summed E-state index contributed by atoms with van der Waals surface area (Å²) < 4.78 is 9.86. The van der Waals surface area contributed by atoms with Gasteiger partial charge in [0.05, 0.1) is 24.7 Å². The van der Waals surface area contributed by atoms with E-state index in [0.29, 0.717) is 11.3 Å². The molecular formula is C12H16N2O5. The van der Waals surface area contributed by atoms with Gasteiger partial charge in [0.1, 0.15) is 11.8 Å². The van der Waals surface area contributed by atoms with Crippen molar-refractivity contribution >= 4 is 11.7 Å². The summed E-state index contributed by atoms with van der Waals surface area (Å²) in [5.41, 5.74) is 6.23. The Morgan fingerprint density at radius 2 is 2.21 bits per heavy atom. The lowest BCUT2D eigenvalue weighted by atomic mass is 10.0. The number of nitro groups is 1. The van der Waals surface area contributed by atoms with E-state index in [-0.39, 0.29) is 18.7 Å². The number of hydrogen-bond acceptors (Lipinski definition) is 6. The van der Waals surface area contributed by atoms with Gasteiger partial charge in [-0.3, -0.25) is 14.9 Å². The number of carbonyl (C=O) groups excluding carboxylic acids is 1. The van der Waals surface area contributed by atoms with Gasteiger partial charge < -0.3 is 15.2 Å². The third-order valence-corrected chi connectivity index (χ3v) is 2.51. The van der Waals surface area contributed by atoms with Crippen molar-refractivity contribution in [1.29, 1.82) is 0 Å². The van der Waals surface area contributed by atoms with Crippen LogP contribution in [0, 0.1) is 10.1 Å². The smallest absolute Gasteiger partial charge is 0.323 e. The highest BCUT2D eigenvalue weighted by Gasteiger charge is 2.19. The highest BCUT2D eigenvalue weighted by atomic mass is 16.6. The molecule has 1 atom stereocenters. The molecule has 19 heavy (non-hydrogen) atoms. The summed E-state index contributed by atoms with van der Waals surface area (Å²) in [6.07, 6.45) is 0.194. The van der Waals surface area contributed by atoms with Gasteiger partial charge >= 0.3 is 5.97 Å². The number of esters is 1. The van der Waals surface area contributed by atoms with Gasteiger partial charge in [-0.1, -0.05) is 0 Å². The molecule has 0 heterocycles. The van der Waals surface area contributed by atoms with E-state index >= 15 is 0 Å². The van der Waals surface area contributed by atoms with E-state index in [1.807, 2.05) is 0 Å². The number of ether oxygens (including phenoxy) is 2. The Morgan fingerprint density at radius 3 is 2.74 bits per heavy atom. The first-order valence-corrected chi connectivity index (χ1v) is 5.73. The van der Waals surface area contributed by atoms with Crippen LogP contribution < -0.4 is 10.5 Å². The zero-order valence-corrected chi connectivity index (χ0v) is 10.8. The molecule has 0 saturated heterocycles. The van der Waals surface area contributed by atoms with E-state index in [9.17, 15) is 14.9 Å². The van der Waals surface area contributed by atoms with Gasteiger partial charge in [-0.05, 0) is 18.6 Å². The van der Waals surface area contributed by atoms with Crippen LogP contribution in [-0.4, -0.2) is 30.7 Å². The van der Waals surface area contributed by atoms with Crippen molar-refractivity contribution in [2.24, 2.45) is 5.73 Å². The molecule has 0 aromatic heterocycles. The Bertz CT molecular complexity index is 475. The van der Waals surface area contributed by atoms with Crippen molar-refractivity contribution in [3.63, 3.8) is 0 Å². The number of nitrogens with zero attached hydrogens (tertiary/aromatic N) is 1. The van der Waals surface area contributed by atoms with E-state index in [4.69, 9.17) is 15.2 Å². The van der Waals surface area contributed by atoms with Crippen molar-refractivity contribution in [2.75, 3.05) is 13.7 Å². The fourth-order valence-electron chi connectivity index (χ4n) is 1.59. The molecule has 104 valence electrons. The van der Waals surface area contributed by atoms with Crippen molar-refractivity contribution in [3.05, 3.63) is 33.9 Å². The Morgan fingerprint density at radius 1 is 1.53 bits per heavy atom. The molecule has 1 rings (SSSR count). The lowest BCUT2D eigenvalue weighted by Gasteiger charge is -2.13. The number of nitrogens with two attached hydrogens (primary N) is 1. The molecule has 0 fully saturated rings. The minimum atomic E-state index is -0.824. The van der Waals surface area contributed by atoms with Crippen LogP contribution in [0.4, 0.5) is 5.69 Å². The third-order valence-electron chi connectivity index (χ3n) is 2.51. The molecule has 0 aliphatic heterocycles. The molecule has 7 nitrogen and oxygen atoms in total. The van der Waals surface area contributed by atoms with Gasteiger partial charge in [0.15, 0.2) is 0 Å². The average molecular weight is 268 g/mol. The third kappa shape index (κ3) is 3.92. The van der Waals surface area contributed by atoms with E-state index in [1.165, 1.54) is 25.3 Å². The van der Waals surface area contributed by atoms with Crippen LogP contribution in [0.2, 0.25) is 0 Å². The summed E-state index contributed by atoms with van der Waals surface area (Å²) in [5.74, 6) is -0.183. The Labute approximate surface area is 110 Å². The van der Waals surface area contributed by atoms with Gasteiger partial charge in [-0.25, -0.2) is 0 Å². The van der Waals surface area contributed by atoms with E-state index in [0.717, 1.165) is 0 Å². The van der Waals surface area contributed by atoms with Crippen LogP contribution in [0.25, 0.3) is 0 Å². The minimum absolute atomic E-state index is 0.0784. The fraction of sp³-hybridized carbons (Fsp3) is 0.417. The Kier molecular flexibility index (Phi) is 5.25. The van der Waals surface area contributed by atoms with Crippen LogP contribution in [0.3, 0.4) is 0 Å². The molecule has 0 aliphatic carbocycles. The molecule has 0 saturated carbocycles. The number of rotatable bonds is 6. The quantitative estimate of drug-likeness (QED) is 0.469. The molecule has 1 unspecified atom stereocenters. The number of methoxy groups -OCH3 is 1. The summed E-state index contributed by atoms with van der Waals surface area (Å²) in [6, 6.07) is 3.34. The second-order valence-corrected chi connectivity index (χ2v) is 3.82. The SMILES string of the molecule is CCOC(=O)C(N)Cc1ccc([N+](=O)[O-])cc1OC. The van der Waals surface area contributed by atoms with Crippen LogP contribution in [0.5, 0.6) is 5.75 Å². The topological polar surface area (TPSA) is 105 Å². The highest BCUT2D eigenvalue weighted by Crippen LogP contribution is 2.25.